The first-order chi connectivity index (χ1) is 5.05. The Morgan fingerprint density at radius 3 is 2.55 bits per heavy atom. The molecule has 0 radical (unpaired) electrons. The molecular weight excluding hydrogens is 166 g/mol. The molecule has 1 aliphatic rings. The Balaban J connectivity index is 2.35. The van der Waals surface area contributed by atoms with Gasteiger partial charge in [-0.15, -0.1) is 0 Å². The zero-order chi connectivity index (χ0) is 8.48. The van der Waals surface area contributed by atoms with Crippen LogP contribution in [0.3, 0.4) is 0 Å². The molecule has 0 bridgehead atoms. The van der Waals surface area contributed by atoms with Crippen LogP contribution in [-0.2, 0) is 10.0 Å². The zero-order valence-electron chi connectivity index (χ0n) is 6.45. The monoisotopic (exact) mass is 179 g/mol. The Labute approximate surface area is 66.7 Å². The highest BCUT2D eigenvalue weighted by atomic mass is 32.2. The highest BCUT2D eigenvalue weighted by molar-refractivity contribution is 7.89. The number of sulfonamides is 1. The van der Waals surface area contributed by atoms with Crippen LogP contribution in [0.15, 0.2) is 0 Å². The normalized spacial score (nSPS) is 30.4. The van der Waals surface area contributed by atoms with Gasteiger partial charge >= 0.3 is 0 Å². The van der Waals surface area contributed by atoms with Crippen molar-refractivity contribution in [2.45, 2.75) is 19.4 Å². The Hall–Kier alpha value is -0.130. The van der Waals surface area contributed by atoms with Crippen molar-refractivity contribution in [1.29, 1.82) is 0 Å². The van der Waals surface area contributed by atoms with Gasteiger partial charge in [0.25, 0.3) is 0 Å². The van der Waals surface area contributed by atoms with Crippen molar-refractivity contribution in [3.05, 3.63) is 0 Å². The predicted octanol–water partition coefficient (Wildman–Crippen LogP) is -0.694. The average Bonchev–Trinajstić information content (AvgIpc) is 2.44. The molecule has 2 atom stereocenters. The maximum atomic E-state index is 11.0. The fourth-order valence-electron chi connectivity index (χ4n) is 0.896. The van der Waals surface area contributed by atoms with Crippen molar-refractivity contribution >= 4 is 10.0 Å². The van der Waals surface area contributed by atoms with Gasteiger partial charge in [-0.2, -0.15) is 0 Å². The molecule has 1 aliphatic carbocycles. The molecule has 1 saturated carbocycles. The molecule has 0 saturated heterocycles. The van der Waals surface area contributed by atoms with Gasteiger partial charge in [0, 0.05) is 6.04 Å². The summed E-state index contributed by atoms with van der Waals surface area (Å²) in [6.07, 6.45) is 0.921. The lowest BCUT2D eigenvalue weighted by Crippen LogP contribution is -2.30. The third-order valence-corrected chi connectivity index (χ3v) is 3.18. The van der Waals surface area contributed by atoms with Crippen LogP contribution in [0.1, 0.15) is 13.3 Å². The van der Waals surface area contributed by atoms with E-state index in [0.717, 1.165) is 6.42 Å². The van der Waals surface area contributed by atoms with E-state index < -0.39 is 10.0 Å². The summed E-state index contributed by atoms with van der Waals surface area (Å²) in [4.78, 5) is 0. The number of hydrogen-bond donors (Lipinski definition) is 2. The molecule has 11 heavy (non-hydrogen) atoms. The molecule has 0 spiro atoms. The summed E-state index contributed by atoms with van der Waals surface area (Å²) in [5.74, 6) is 0.277. The van der Waals surface area contributed by atoms with Crippen LogP contribution < -0.4 is 4.72 Å². The molecular formula is C6H13NO3S. The van der Waals surface area contributed by atoms with Gasteiger partial charge in [0.1, 0.15) is 0 Å². The van der Waals surface area contributed by atoms with E-state index in [0.29, 0.717) is 5.92 Å². The largest absolute Gasteiger partial charge is 0.395 e. The first-order valence-corrected chi connectivity index (χ1v) is 5.31. The minimum Gasteiger partial charge on any atom is -0.395 e. The highest BCUT2D eigenvalue weighted by Crippen LogP contribution is 2.29. The van der Waals surface area contributed by atoms with E-state index in [1.165, 1.54) is 0 Å². The van der Waals surface area contributed by atoms with Crippen LogP contribution in [0.25, 0.3) is 0 Å². The second-order valence-corrected chi connectivity index (χ2v) is 4.85. The van der Waals surface area contributed by atoms with Crippen LogP contribution >= 0.6 is 0 Å². The maximum absolute atomic E-state index is 11.0. The van der Waals surface area contributed by atoms with Crippen LogP contribution in [0.2, 0.25) is 0 Å². The molecule has 0 aliphatic heterocycles. The van der Waals surface area contributed by atoms with Crippen molar-refractivity contribution in [2.75, 3.05) is 12.4 Å². The van der Waals surface area contributed by atoms with Gasteiger partial charge in [-0.3, -0.25) is 0 Å². The fourth-order valence-corrected chi connectivity index (χ4v) is 2.04. The van der Waals surface area contributed by atoms with Crippen molar-refractivity contribution in [2.24, 2.45) is 5.92 Å². The number of nitrogens with one attached hydrogen (secondary N) is 1. The Bertz CT molecular complexity index is 224. The smallest absolute Gasteiger partial charge is 0.214 e. The predicted molar refractivity (Wildman–Crippen MR) is 41.6 cm³/mol. The van der Waals surface area contributed by atoms with E-state index in [-0.39, 0.29) is 18.4 Å². The lowest BCUT2D eigenvalue weighted by Gasteiger charge is -2.02. The summed E-state index contributed by atoms with van der Waals surface area (Å²) in [5.41, 5.74) is 0. The first kappa shape index (κ1) is 8.96. The molecule has 1 rings (SSSR count). The Morgan fingerprint density at radius 1 is 1.64 bits per heavy atom. The molecule has 66 valence electrons. The first-order valence-electron chi connectivity index (χ1n) is 3.66. The van der Waals surface area contributed by atoms with Gasteiger partial charge < -0.3 is 5.11 Å². The number of aliphatic hydroxyl groups excluding tert-OH is 1. The molecule has 0 aromatic heterocycles. The minimum atomic E-state index is -3.20. The van der Waals surface area contributed by atoms with Gasteiger partial charge in [0.05, 0.1) is 12.4 Å². The summed E-state index contributed by atoms with van der Waals surface area (Å²) in [7, 11) is -3.20. The fraction of sp³-hybridized carbons (Fsp3) is 1.00. The molecule has 0 aromatic rings. The third-order valence-electron chi connectivity index (χ3n) is 1.80. The van der Waals surface area contributed by atoms with Crippen molar-refractivity contribution in [3.8, 4) is 0 Å². The second-order valence-electron chi connectivity index (χ2n) is 2.98. The summed E-state index contributed by atoms with van der Waals surface area (Å²) in [5, 5.41) is 8.38. The van der Waals surface area contributed by atoms with Crippen LogP contribution in [0.5, 0.6) is 0 Å². The van der Waals surface area contributed by atoms with Crippen LogP contribution in [0, 0.1) is 5.92 Å². The van der Waals surface area contributed by atoms with E-state index in [9.17, 15) is 8.42 Å². The Kier molecular flexibility index (Phi) is 2.51. The molecule has 0 heterocycles. The van der Waals surface area contributed by atoms with Crippen molar-refractivity contribution in [1.82, 2.24) is 4.72 Å². The molecule has 5 heteroatoms. The van der Waals surface area contributed by atoms with E-state index in [1.807, 2.05) is 6.92 Å². The van der Waals surface area contributed by atoms with Gasteiger partial charge in [-0.25, -0.2) is 13.1 Å². The van der Waals surface area contributed by atoms with Crippen molar-refractivity contribution < 1.29 is 13.5 Å². The number of hydrogen-bond acceptors (Lipinski definition) is 3. The van der Waals surface area contributed by atoms with Gasteiger partial charge in [-0.05, 0) is 12.3 Å². The lowest BCUT2D eigenvalue weighted by molar-refractivity contribution is 0.319. The van der Waals surface area contributed by atoms with E-state index >= 15 is 0 Å². The van der Waals surface area contributed by atoms with Gasteiger partial charge in [-0.1, -0.05) is 6.92 Å². The van der Waals surface area contributed by atoms with Gasteiger partial charge in [0.15, 0.2) is 0 Å². The van der Waals surface area contributed by atoms with Gasteiger partial charge in [0.2, 0.25) is 10.0 Å². The molecule has 2 N–H and O–H groups in total. The van der Waals surface area contributed by atoms with E-state index in [1.54, 1.807) is 0 Å². The summed E-state index contributed by atoms with van der Waals surface area (Å²) < 4.78 is 24.4. The average molecular weight is 179 g/mol. The Morgan fingerprint density at radius 2 is 2.18 bits per heavy atom. The summed E-state index contributed by atoms with van der Waals surface area (Å²) in [6, 6.07) is 0.117. The zero-order valence-corrected chi connectivity index (χ0v) is 7.26. The van der Waals surface area contributed by atoms with Crippen molar-refractivity contribution in [3.63, 3.8) is 0 Å². The quantitative estimate of drug-likeness (QED) is 0.600. The molecule has 0 amide bonds. The molecule has 1 fully saturated rings. The van der Waals surface area contributed by atoms with E-state index in [2.05, 4.69) is 4.72 Å². The van der Waals surface area contributed by atoms with Crippen LogP contribution in [-0.4, -0.2) is 31.9 Å². The number of aliphatic hydroxyl groups is 1. The lowest BCUT2D eigenvalue weighted by atomic mass is 10.5. The molecule has 2 unspecified atom stereocenters. The minimum absolute atomic E-state index is 0.117. The van der Waals surface area contributed by atoms with Crippen LogP contribution in [0.4, 0.5) is 0 Å². The molecule has 0 aromatic carbocycles. The third kappa shape index (κ3) is 2.76. The second kappa shape index (κ2) is 3.08. The highest BCUT2D eigenvalue weighted by Gasteiger charge is 2.35. The maximum Gasteiger partial charge on any atom is 0.214 e. The van der Waals surface area contributed by atoms with E-state index in [4.69, 9.17) is 5.11 Å². The SMILES string of the molecule is CC1CC1NS(=O)(=O)CCO. The summed E-state index contributed by atoms with van der Waals surface area (Å²) >= 11 is 0. The standard InChI is InChI=1S/C6H13NO3S/c1-5-4-6(5)7-11(9,10)3-2-8/h5-8H,2-4H2,1H3. The topological polar surface area (TPSA) is 66.4 Å². The summed E-state index contributed by atoms with van der Waals surface area (Å²) in [6.45, 7) is 1.68. The number of rotatable bonds is 4. The molecule has 4 nitrogen and oxygen atoms in total.